The number of hydrogen-bond acceptors (Lipinski definition) is 3. The normalized spacial score (nSPS) is 10.4. The van der Waals surface area contributed by atoms with Crippen molar-refractivity contribution in [2.45, 2.75) is 12.8 Å². The molecule has 0 saturated carbocycles. The second-order valence-electron chi connectivity index (χ2n) is 3.59. The summed E-state index contributed by atoms with van der Waals surface area (Å²) in [4.78, 5) is 11.3. The summed E-state index contributed by atoms with van der Waals surface area (Å²) in [5.74, 6) is 0.780. The van der Waals surface area contributed by atoms with Crippen LogP contribution < -0.4 is 4.74 Å². The summed E-state index contributed by atoms with van der Waals surface area (Å²) in [5.41, 5.74) is 0.913. The van der Waals surface area contributed by atoms with Crippen LogP contribution >= 0.6 is 43.5 Å². The van der Waals surface area contributed by atoms with E-state index < -0.39 is 0 Å². The Morgan fingerprint density at radius 3 is 2.72 bits per heavy atom. The molecule has 3 nitrogen and oxygen atoms in total. The Hall–Kier alpha value is -0.100. The summed E-state index contributed by atoms with van der Waals surface area (Å²) < 4.78 is 11.0. The number of Topliss-reactive ketones (excluding diaryl/α,β-unsaturated/α-hetero) is 1. The molecule has 0 aliphatic rings. The van der Waals surface area contributed by atoms with Gasteiger partial charge < -0.3 is 9.47 Å². The molecule has 0 unspecified atom stereocenters. The van der Waals surface area contributed by atoms with Gasteiger partial charge in [-0.1, -0.05) is 43.5 Å². The Kier molecular flexibility index (Phi) is 7.22. The summed E-state index contributed by atoms with van der Waals surface area (Å²) in [6.07, 6.45) is 1.07. The number of hydrogen-bond donors (Lipinski definition) is 0. The third kappa shape index (κ3) is 4.88. The monoisotopic (exact) mass is 398 g/mol. The van der Waals surface area contributed by atoms with E-state index >= 15 is 0 Å². The molecule has 0 bridgehead atoms. The van der Waals surface area contributed by atoms with Crippen LogP contribution in [0.2, 0.25) is 5.02 Å². The Balaban J connectivity index is 2.77. The van der Waals surface area contributed by atoms with E-state index in [1.807, 2.05) is 6.07 Å². The smallest absolute Gasteiger partial charge is 0.188 e. The van der Waals surface area contributed by atoms with Crippen LogP contribution in [0.25, 0.3) is 0 Å². The number of rotatable bonds is 7. The number of benzene rings is 1. The van der Waals surface area contributed by atoms with Crippen molar-refractivity contribution in [2.75, 3.05) is 19.2 Å². The van der Waals surface area contributed by atoms with Gasteiger partial charge >= 0.3 is 0 Å². The third-order valence-corrected chi connectivity index (χ3v) is 3.93. The molecular weight excluding hydrogens is 387 g/mol. The zero-order chi connectivity index (χ0) is 13.5. The highest BCUT2D eigenvalue weighted by Crippen LogP contribution is 2.31. The Bertz CT molecular complexity index is 401. The van der Waals surface area contributed by atoms with Gasteiger partial charge in [0.05, 0.1) is 5.33 Å². The average Bonchev–Trinajstić information content (AvgIpc) is 2.34. The lowest BCUT2D eigenvalue weighted by Gasteiger charge is -2.10. The van der Waals surface area contributed by atoms with E-state index in [-0.39, 0.29) is 12.6 Å². The van der Waals surface area contributed by atoms with Crippen molar-refractivity contribution in [3.05, 3.63) is 27.2 Å². The fourth-order valence-electron chi connectivity index (χ4n) is 1.36. The Morgan fingerprint density at radius 1 is 1.44 bits per heavy atom. The van der Waals surface area contributed by atoms with Gasteiger partial charge in [-0.3, -0.25) is 4.79 Å². The summed E-state index contributed by atoms with van der Waals surface area (Å²) in [7, 11) is 1.55. The van der Waals surface area contributed by atoms with Gasteiger partial charge in [0.15, 0.2) is 6.79 Å². The number of methoxy groups -OCH3 is 1. The fraction of sp³-hybridized carbons (Fsp3) is 0.417. The van der Waals surface area contributed by atoms with Gasteiger partial charge in [0, 0.05) is 23.0 Å². The standard InChI is InChI=1S/C12H13Br2ClO3/c1-17-7-18-9-4-11(14)10(12(15)5-9)3-2-8(16)6-13/h4-5H,2-3,6-7H2,1H3. The molecule has 0 atom stereocenters. The number of carbonyl (C=O) groups is 1. The first kappa shape index (κ1) is 16.0. The van der Waals surface area contributed by atoms with E-state index in [2.05, 4.69) is 31.9 Å². The van der Waals surface area contributed by atoms with Crippen molar-refractivity contribution in [3.63, 3.8) is 0 Å². The number of ketones is 1. The third-order valence-electron chi connectivity index (χ3n) is 2.26. The molecule has 1 rings (SSSR count). The van der Waals surface area contributed by atoms with Gasteiger partial charge in [-0.2, -0.15) is 0 Å². The molecule has 0 aromatic heterocycles. The van der Waals surface area contributed by atoms with Gasteiger partial charge in [-0.15, -0.1) is 0 Å². The molecule has 1 aromatic rings. The number of carbonyl (C=O) groups excluding carboxylic acids is 1. The van der Waals surface area contributed by atoms with Crippen molar-refractivity contribution >= 4 is 49.2 Å². The lowest BCUT2D eigenvalue weighted by Crippen LogP contribution is -2.03. The molecule has 0 spiro atoms. The van der Waals surface area contributed by atoms with Gasteiger partial charge in [0.1, 0.15) is 11.5 Å². The molecule has 0 N–H and O–H groups in total. The van der Waals surface area contributed by atoms with Crippen LogP contribution in [0.15, 0.2) is 16.6 Å². The van der Waals surface area contributed by atoms with E-state index in [9.17, 15) is 4.79 Å². The maximum atomic E-state index is 11.3. The Labute approximate surface area is 128 Å². The van der Waals surface area contributed by atoms with Crippen molar-refractivity contribution in [1.82, 2.24) is 0 Å². The molecule has 18 heavy (non-hydrogen) atoms. The highest BCUT2D eigenvalue weighted by Gasteiger charge is 2.10. The molecule has 0 saturated heterocycles. The van der Waals surface area contributed by atoms with Crippen LogP contribution in [-0.2, 0) is 16.0 Å². The van der Waals surface area contributed by atoms with E-state index in [1.54, 1.807) is 13.2 Å². The first-order valence-corrected chi connectivity index (χ1v) is 7.55. The largest absolute Gasteiger partial charge is 0.467 e. The van der Waals surface area contributed by atoms with Crippen LogP contribution in [0, 0.1) is 0 Å². The SMILES string of the molecule is COCOc1cc(Cl)c(CCC(=O)CBr)c(Br)c1. The quantitative estimate of drug-likeness (QED) is 0.513. The number of alkyl halides is 1. The van der Waals surface area contributed by atoms with Crippen LogP contribution in [0.3, 0.4) is 0 Å². The van der Waals surface area contributed by atoms with E-state index in [1.165, 1.54) is 0 Å². The van der Waals surface area contributed by atoms with Gasteiger partial charge in [-0.05, 0) is 24.1 Å². The van der Waals surface area contributed by atoms with Gasteiger partial charge in [0.25, 0.3) is 0 Å². The van der Waals surface area contributed by atoms with E-state index in [4.69, 9.17) is 21.1 Å². The average molecular weight is 400 g/mol. The number of ether oxygens (including phenoxy) is 2. The number of halogens is 3. The summed E-state index contributed by atoms with van der Waals surface area (Å²) >= 11 is 12.7. The zero-order valence-electron chi connectivity index (χ0n) is 9.84. The molecule has 1 aromatic carbocycles. The minimum Gasteiger partial charge on any atom is -0.467 e. The predicted molar refractivity (Wildman–Crippen MR) is 78.8 cm³/mol. The van der Waals surface area contributed by atoms with E-state index in [0.29, 0.717) is 28.9 Å². The van der Waals surface area contributed by atoms with Crippen LogP contribution in [0.1, 0.15) is 12.0 Å². The summed E-state index contributed by atoms with van der Waals surface area (Å²) in [5, 5.41) is 0.954. The van der Waals surface area contributed by atoms with Gasteiger partial charge in [-0.25, -0.2) is 0 Å². The predicted octanol–water partition coefficient (Wildman–Crippen LogP) is 3.98. The summed E-state index contributed by atoms with van der Waals surface area (Å²) in [6.45, 7) is 0.171. The van der Waals surface area contributed by atoms with Gasteiger partial charge in [0.2, 0.25) is 0 Å². The molecule has 0 heterocycles. The van der Waals surface area contributed by atoms with Crippen molar-refractivity contribution < 1.29 is 14.3 Å². The van der Waals surface area contributed by atoms with Crippen molar-refractivity contribution in [2.24, 2.45) is 0 Å². The molecule has 0 amide bonds. The Morgan fingerprint density at radius 2 is 2.17 bits per heavy atom. The first-order chi connectivity index (χ1) is 8.58. The van der Waals surface area contributed by atoms with Crippen molar-refractivity contribution in [1.29, 1.82) is 0 Å². The molecule has 0 fully saturated rings. The molecule has 6 heteroatoms. The lowest BCUT2D eigenvalue weighted by molar-refractivity contribution is -0.116. The van der Waals surface area contributed by atoms with E-state index in [0.717, 1.165) is 10.0 Å². The molecule has 100 valence electrons. The highest BCUT2D eigenvalue weighted by molar-refractivity contribution is 9.10. The highest BCUT2D eigenvalue weighted by atomic mass is 79.9. The fourth-order valence-corrected chi connectivity index (χ4v) is 2.70. The second-order valence-corrected chi connectivity index (χ2v) is 5.41. The van der Waals surface area contributed by atoms with Crippen LogP contribution in [0.5, 0.6) is 5.75 Å². The molecular formula is C12H13Br2ClO3. The first-order valence-electron chi connectivity index (χ1n) is 5.25. The molecule has 0 radical (unpaired) electrons. The summed E-state index contributed by atoms with van der Waals surface area (Å²) in [6, 6.07) is 3.54. The minimum atomic E-state index is 0.151. The zero-order valence-corrected chi connectivity index (χ0v) is 13.8. The lowest BCUT2D eigenvalue weighted by atomic mass is 10.1. The second kappa shape index (κ2) is 8.15. The molecule has 0 aliphatic heterocycles. The maximum absolute atomic E-state index is 11.3. The van der Waals surface area contributed by atoms with Crippen molar-refractivity contribution in [3.8, 4) is 5.75 Å². The van der Waals surface area contributed by atoms with Crippen LogP contribution in [0.4, 0.5) is 0 Å². The topological polar surface area (TPSA) is 35.5 Å². The maximum Gasteiger partial charge on any atom is 0.188 e. The molecule has 0 aliphatic carbocycles. The minimum absolute atomic E-state index is 0.151. The van der Waals surface area contributed by atoms with Crippen LogP contribution in [-0.4, -0.2) is 25.0 Å².